The van der Waals surface area contributed by atoms with E-state index in [0.717, 1.165) is 16.3 Å². The zero-order valence-corrected chi connectivity index (χ0v) is 18.0. The SMILES string of the molecule is Cc1ccc(C(=O)[C@H]2COC(C)(C)N2C(=O)C(Br)C(C)C)c2ccccc12. The number of halogens is 1. The zero-order valence-electron chi connectivity index (χ0n) is 16.5. The molecule has 1 aliphatic rings. The molecular formula is C22H26BrNO3. The molecule has 1 amide bonds. The van der Waals surface area contributed by atoms with Gasteiger partial charge in [0.2, 0.25) is 5.91 Å². The summed E-state index contributed by atoms with van der Waals surface area (Å²) in [5.41, 5.74) is 0.938. The van der Waals surface area contributed by atoms with Gasteiger partial charge in [-0.3, -0.25) is 9.59 Å². The Hall–Kier alpha value is -1.72. The van der Waals surface area contributed by atoms with Gasteiger partial charge in [0, 0.05) is 5.56 Å². The van der Waals surface area contributed by atoms with E-state index in [-0.39, 0.29) is 29.0 Å². The van der Waals surface area contributed by atoms with E-state index in [9.17, 15) is 9.59 Å². The highest BCUT2D eigenvalue weighted by atomic mass is 79.9. The molecule has 2 atom stereocenters. The van der Waals surface area contributed by atoms with Crippen molar-refractivity contribution in [3.63, 3.8) is 0 Å². The van der Waals surface area contributed by atoms with Crippen molar-refractivity contribution in [2.24, 2.45) is 5.92 Å². The highest BCUT2D eigenvalue weighted by Crippen LogP contribution is 2.33. The second-order valence-corrected chi connectivity index (χ2v) is 8.95. The van der Waals surface area contributed by atoms with Gasteiger partial charge in [-0.25, -0.2) is 0 Å². The molecule has 0 N–H and O–H groups in total. The molecule has 1 saturated heterocycles. The third kappa shape index (κ3) is 3.55. The summed E-state index contributed by atoms with van der Waals surface area (Å²) in [5.74, 6) is -0.0688. The van der Waals surface area contributed by atoms with Crippen LogP contribution >= 0.6 is 15.9 Å². The highest BCUT2D eigenvalue weighted by Gasteiger charge is 2.48. The van der Waals surface area contributed by atoms with E-state index >= 15 is 0 Å². The van der Waals surface area contributed by atoms with Crippen molar-refractivity contribution in [2.75, 3.05) is 6.61 Å². The van der Waals surface area contributed by atoms with Crippen LogP contribution in [-0.2, 0) is 9.53 Å². The van der Waals surface area contributed by atoms with E-state index in [0.29, 0.717) is 5.56 Å². The Morgan fingerprint density at radius 2 is 1.78 bits per heavy atom. The maximum Gasteiger partial charge on any atom is 0.239 e. The number of hydrogen-bond donors (Lipinski definition) is 0. The molecule has 2 aromatic carbocycles. The van der Waals surface area contributed by atoms with Crippen molar-refractivity contribution in [1.82, 2.24) is 4.90 Å². The van der Waals surface area contributed by atoms with Gasteiger partial charge < -0.3 is 9.64 Å². The first-order valence-corrected chi connectivity index (χ1v) is 10.2. The highest BCUT2D eigenvalue weighted by molar-refractivity contribution is 9.10. The van der Waals surface area contributed by atoms with Crippen LogP contribution in [0.4, 0.5) is 0 Å². The van der Waals surface area contributed by atoms with Gasteiger partial charge in [0.05, 0.1) is 11.4 Å². The first-order valence-electron chi connectivity index (χ1n) is 9.29. The first-order chi connectivity index (χ1) is 12.6. The van der Waals surface area contributed by atoms with Gasteiger partial charge >= 0.3 is 0 Å². The number of amides is 1. The van der Waals surface area contributed by atoms with Crippen LogP contribution < -0.4 is 0 Å². The second-order valence-electron chi connectivity index (χ2n) is 7.97. The molecule has 1 fully saturated rings. The van der Waals surface area contributed by atoms with Crippen LogP contribution in [0.25, 0.3) is 10.8 Å². The fraction of sp³-hybridized carbons (Fsp3) is 0.455. The predicted octanol–water partition coefficient (Wildman–Crippen LogP) is 4.71. The fourth-order valence-electron chi connectivity index (χ4n) is 3.68. The summed E-state index contributed by atoms with van der Waals surface area (Å²) in [6.45, 7) is 9.87. The Balaban J connectivity index is 2.04. The monoisotopic (exact) mass is 431 g/mol. The summed E-state index contributed by atoms with van der Waals surface area (Å²) in [7, 11) is 0. The topological polar surface area (TPSA) is 46.6 Å². The average Bonchev–Trinajstić information content (AvgIpc) is 2.95. The zero-order chi connectivity index (χ0) is 19.9. The van der Waals surface area contributed by atoms with Crippen LogP contribution in [0.15, 0.2) is 36.4 Å². The van der Waals surface area contributed by atoms with E-state index in [2.05, 4.69) is 15.9 Å². The molecule has 0 bridgehead atoms. The van der Waals surface area contributed by atoms with Crippen molar-refractivity contribution >= 4 is 38.4 Å². The molecule has 0 aliphatic carbocycles. The lowest BCUT2D eigenvalue weighted by Gasteiger charge is -2.35. The van der Waals surface area contributed by atoms with Gasteiger partial charge in [-0.15, -0.1) is 0 Å². The normalized spacial score (nSPS) is 20.3. The van der Waals surface area contributed by atoms with E-state index in [1.807, 2.05) is 71.0 Å². The molecule has 144 valence electrons. The number of fused-ring (bicyclic) bond motifs is 1. The number of hydrogen-bond acceptors (Lipinski definition) is 3. The third-order valence-corrected chi connectivity index (χ3v) is 6.70. The molecule has 0 aromatic heterocycles. The van der Waals surface area contributed by atoms with Gasteiger partial charge in [0.25, 0.3) is 0 Å². The van der Waals surface area contributed by atoms with E-state index in [1.165, 1.54) is 0 Å². The van der Waals surface area contributed by atoms with Crippen molar-refractivity contribution in [1.29, 1.82) is 0 Å². The van der Waals surface area contributed by atoms with Gasteiger partial charge in [-0.05, 0) is 43.0 Å². The van der Waals surface area contributed by atoms with Crippen LogP contribution in [0.2, 0.25) is 0 Å². The number of carbonyl (C=O) groups excluding carboxylic acids is 2. The van der Waals surface area contributed by atoms with E-state index in [1.54, 1.807) is 4.90 Å². The smallest absolute Gasteiger partial charge is 0.239 e. The molecule has 1 aliphatic heterocycles. The quantitative estimate of drug-likeness (QED) is 0.519. The lowest BCUT2D eigenvalue weighted by molar-refractivity contribution is -0.145. The molecule has 5 heteroatoms. The molecule has 2 aromatic rings. The van der Waals surface area contributed by atoms with Gasteiger partial charge in [0.1, 0.15) is 11.8 Å². The molecule has 3 rings (SSSR count). The summed E-state index contributed by atoms with van der Waals surface area (Å²) in [6, 6.07) is 11.1. The summed E-state index contributed by atoms with van der Waals surface area (Å²) in [4.78, 5) is 27.8. The third-order valence-electron chi connectivity index (χ3n) is 5.26. The minimum atomic E-state index is -0.821. The maximum absolute atomic E-state index is 13.5. The van der Waals surface area contributed by atoms with E-state index in [4.69, 9.17) is 4.74 Å². The Kier molecular flexibility index (Phi) is 5.46. The van der Waals surface area contributed by atoms with Crippen molar-refractivity contribution in [2.45, 2.75) is 51.2 Å². The number of nitrogens with zero attached hydrogens (tertiary/aromatic N) is 1. The number of benzene rings is 2. The minimum Gasteiger partial charge on any atom is -0.354 e. The summed E-state index contributed by atoms with van der Waals surface area (Å²) < 4.78 is 5.86. The molecule has 0 saturated carbocycles. The van der Waals surface area contributed by atoms with Crippen molar-refractivity contribution in [3.8, 4) is 0 Å². The molecule has 27 heavy (non-hydrogen) atoms. The number of aryl methyl sites for hydroxylation is 1. The maximum atomic E-state index is 13.5. The second kappa shape index (κ2) is 7.36. The fourth-order valence-corrected chi connectivity index (χ4v) is 3.90. The number of carbonyl (C=O) groups is 2. The largest absolute Gasteiger partial charge is 0.354 e. The number of rotatable bonds is 4. The van der Waals surface area contributed by atoms with Crippen LogP contribution in [-0.4, -0.2) is 39.8 Å². The number of alkyl halides is 1. The molecule has 1 unspecified atom stereocenters. The lowest BCUT2D eigenvalue weighted by Crippen LogP contribution is -2.53. The van der Waals surface area contributed by atoms with Crippen LogP contribution in [0.5, 0.6) is 0 Å². The van der Waals surface area contributed by atoms with Crippen LogP contribution in [0.3, 0.4) is 0 Å². The van der Waals surface area contributed by atoms with Crippen molar-refractivity contribution in [3.05, 3.63) is 47.5 Å². The first kappa shape index (κ1) is 20.0. The Morgan fingerprint density at radius 3 is 2.41 bits per heavy atom. The summed E-state index contributed by atoms with van der Waals surface area (Å²) in [6.07, 6.45) is 0. The lowest BCUT2D eigenvalue weighted by atomic mass is 9.94. The molecule has 0 spiro atoms. The number of Topliss-reactive ketones (excluding diaryl/α,β-unsaturated/α-hetero) is 1. The van der Waals surface area contributed by atoms with Gasteiger partial charge in [-0.2, -0.15) is 0 Å². The molecule has 1 heterocycles. The molecular weight excluding hydrogens is 406 g/mol. The number of ether oxygens (including phenoxy) is 1. The van der Waals surface area contributed by atoms with Gasteiger partial charge in [0.15, 0.2) is 5.78 Å². The van der Waals surface area contributed by atoms with Gasteiger partial charge in [-0.1, -0.05) is 66.2 Å². The predicted molar refractivity (Wildman–Crippen MR) is 111 cm³/mol. The Bertz CT molecular complexity index is 890. The van der Waals surface area contributed by atoms with Crippen LogP contribution in [0, 0.1) is 12.8 Å². The average molecular weight is 432 g/mol. The number of ketones is 1. The molecule has 4 nitrogen and oxygen atoms in total. The summed E-state index contributed by atoms with van der Waals surface area (Å²) in [5, 5.41) is 1.97. The Labute approximate surface area is 169 Å². The Morgan fingerprint density at radius 1 is 1.15 bits per heavy atom. The molecule has 0 radical (unpaired) electrons. The van der Waals surface area contributed by atoms with Crippen LogP contribution in [0.1, 0.15) is 43.6 Å². The standard InChI is InChI=1S/C22H26BrNO3/c1-13(2)19(23)21(26)24-18(12-27-22(24,4)5)20(25)17-11-10-14(3)15-8-6-7-9-16(15)17/h6-11,13,18-19H,12H2,1-5H3/t18-,19?/m1/s1. The summed E-state index contributed by atoms with van der Waals surface area (Å²) >= 11 is 3.49. The van der Waals surface area contributed by atoms with E-state index < -0.39 is 11.8 Å². The minimum absolute atomic E-state index is 0.0754. The van der Waals surface area contributed by atoms with Crippen molar-refractivity contribution < 1.29 is 14.3 Å².